The quantitative estimate of drug-likeness (QED) is 0.582. The van der Waals surface area contributed by atoms with E-state index in [1.807, 2.05) is 13.8 Å². The molecule has 0 saturated carbocycles. The van der Waals surface area contributed by atoms with Gasteiger partial charge in [-0.3, -0.25) is 4.79 Å². The molecule has 3 rings (SSSR count). The minimum Gasteiger partial charge on any atom is -0.467 e. The van der Waals surface area contributed by atoms with Gasteiger partial charge in [-0.15, -0.1) is 0 Å². The van der Waals surface area contributed by atoms with Crippen molar-refractivity contribution < 1.29 is 27.1 Å². The Morgan fingerprint density at radius 3 is 2.50 bits per heavy atom. The fraction of sp³-hybridized carbons (Fsp3) is 0.333. The van der Waals surface area contributed by atoms with Crippen LogP contribution in [0.5, 0.6) is 5.88 Å². The number of nitrogens with zero attached hydrogens (tertiary/aromatic N) is 4. The van der Waals surface area contributed by atoms with Crippen molar-refractivity contribution in [1.82, 2.24) is 19.9 Å². The van der Waals surface area contributed by atoms with Crippen molar-refractivity contribution >= 4 is 11.9 Å². The van der Waals surface area contributed by atoms with Gasteiger partial charge in [0.15, 0.2) is 12.4 Å². The molecule has 3 aromatic heterocycles. The van der Waals surface area contributed by atoms with Crippen LogP contribution in [0.15, 0.2) is 34.9 Å². The third-order valence-electron chi connectivity index (χ3n) is 4.63. The summed E-state index contributed by atoms with van der Waals surface area (Å²) in [7, 11) is 0. The largest absolute Gasteiger partial charge is 0.467 e. The first kappa shape index (κ1) is 23.0. The van der Waals surface area contributed by atoms with Crippen LogP contribution in [-0.2, 0) is 11.0 Å². The Hall–Kier alpha value is -3.63. The smallest absolute Gasteiger partial charge is 0.433 e. The van der Waals surface area contributed by atoms with Crippen molar-refractivity contribution in [3.8, 4) is 28.5 Å². The first-order valence-corrected chi connectivity index (χ1v) is 9.82. The van der Waals surface area contributed by atoms with Crippen LogP contribution in [0.3, 0.4) is 0 Å². The molecule has 0 saturated heterocycles. The fourth-order valence-electron chi connectivity index (χ4n) is 3.17. The number of nitrogen functional groups attached to an aromatic ring is 1. The molecule has 32 heavy (non-hydrogen) atoms. The summed E-state index contributed by atoms with van der Waals surface area (Å²) in [6.45, 7) is 5.67. The molecule has 0 fully saturated rings. The number of amides is 1. The number of carbonyl (C=O) groups excluding carboxylic acids is 1. The summed E-state index contributed by atoms with van der Waals surface area (Å²) in [6, 6.07) is 5.48. The molecule has 0 radical (unpaired) electrons. The van der Waals surface area contributed by atoms with E-state index in [4.69, 9.17) is 14.9 Å². The van der Waals surface area contributed by atoms with E-state index >= 15 is 0 Å². The molecule has 2 N–H and O–H groups in total. The number of hydrogen-bond acceptors (Lipinski definition) is 7. The maximum atomic E-state index is 13.4. The fourth-order valence-corrected chi connectivity index (χ4v) is 3.17. The predicted octanol–water partition coefficient (Wildman–Crippen LogP) is 3.96. The monoisotopic (exact) mass is 449 g/mol. The average Bonchev–Trinajstić information content (AvgIpc) is 3.26. The number of anilines is 1. The Bertz CT molecular complexity index is 1100. The Labute approximate surface area is 182 Å². The summed E-state index contributed by atoms with van der Waals surface area (Å²) in [5.74, 6) is -0.382. The Kier molecular flexibility index (Phi) is 6.66. The van der Waals surface area contributed by atoms with Crippen molar-refractivity contribution in [3.63, 3.8) is 0 Å². The van der Waals surface area contributed by atoms with E-state index in [2.05, 4.69) is 15.0 Å². The van der Waals surface area contributed by atoms with Gasteiger partial charge in [-0.05, 0) is 50.6 Å². The number of nitrogens with two attached hydrogens (primary N) is 1. The number of aromatic nitrogens is 3. The zero-order chi connectivity index (χ0) is 23.5. The Balaban J connectivity index is 2.17. The first-order chi connectivity index (χ1) is 15.1. The maximum absolute atomic E-state index is 13.4. The molecule has 0 bridgehead atoms. The Morgan fingerprint density at radius 2 is 1.91 bits per heavy atom. The molecule has 0 unspecified atom stereocenters. The molecule has 8 nitrogen and oxygen atoms in total. The summed E-state index contributed by atoms with van der Waals surface area (Å²) < 4.78 is 51.3. The van der Waals surface area contributed by atoms with E-state index in [1.54, 1.807) is 17.0 Å². The van der Waals surface area contributed by atoms with Crippen molar-refractivity contribution in [2.45, 2.75) is 26.9 Å². The molecule has 0 aromatic carbocycles. The maximum Gasteiger partial charge on any atom is 0.433 e. The van der Waals surface area contributed by atoms with Gasteiger partial charge in [-0.1, -0.05) is 0 Å². The number of rotatable bonds is 7. The number of hydrogen-bond donors (Lipinski definition) is 1. The van der Waals surface area contributed by atoms with Gasteiger partial charge in [0.2, 0.25) is 11.8 Å². The SMILES string of the molecule is CCN(CC)C(=O)COc1nc(N)nc(-c2ccco2)c1-c1cc(C)nc(C(F)(F)F)c1. The van der Waals surface area contributed by atoms with Gasteiger partial charge >= 0.3 is 6.18 Å². The normalized spacial score (nSPS) is 11.4. The van der Waals surface area contributed by atoms with Crippen LogP contribution >= 0.6 is 0 Å². The van der Waals surface area contributed by atoms with Crippen LogP contribution in [0.4, 0.5) is 19.1 Å². The minimum atomic E-state index is -4.67. The number of ether oxygens (including phenoxy) is 1. The number of carbonyl (C=O) groups is 1. The van der Waals surface area contributed by atoms with E-state index in [9.17, 15) is 18.0 Å². The third-order valence-corrected chi connectivity index (χ3v) is 4.63. The number of furan rings is 1. The molecule has 3 aromatic rings. The summed E-state index contributed by atoms with van der Waals surface area (Å²) >= 11 is 0. The molecule has 0 aliphatic rings. The zero-order valence-corrected chi connectivity index (χ0v) is 17.7. The van der Waals surface area contributed by atoms with E-state index < -0.39 is 11.9 Å². The molecular formula is C21H22F3N5O3. The number of halogens is 3. The molecular weight excluding hydrogens is 427 g/mol. The molecule has 11 heteroatoms. The number of likely N-dealkylation sites (N-methyl/N-ethyl adjacent to an activating group) is 1. The summed E-state index contributed by atoms with van der Waals surface area (Å²) in [5.41, 5.74) is 5.21. The first-order valence-electron chi connectivity index (χ1n) is 9.82. The number of aryl methyl sites for hydroxylation is 1. The molecule has 0 aliphatic carbocycles. The highest BCUT2D eigenvalue weighted by molar-refractivity contribution is 5.84. The van der Waals surface area contributed by atoms with E-state index in [0.29, 0.717) is 13.1 Å². The van der Waals surface area contributed by atoms with E-state index in [-0.39, 0.29) is 52.6 Å². The lowest BCUT2D eigenvalue weighted by Gasteiger charge is -2.20. The van der Waals surface area contributed by atoms with Crippen LogP contribution in [0.1, 0.15) is 25.2 Å². The van der Waals surface area contributed by atoms with Crippen molar-refractivity contribution in [3.05, 3.63) is 41.9 Å². The topological polar surface area (TPSA) is 107 Å². The van der Waals surface area contributed by atoms with Crippen LogP contribution < -0.4 is 10.5 Å². The van der Waals surface area contributed by atoms with Gasteiger partial charge in [0.05, 0.1) is 11.8 Å². The predicted molar refractivity (Wildman–Crippen MR) is 111 cm³/mol. The molecule has 1 amide bonds. The molecule has 170 valence electrons. The summed E-state index contributed by atoms with van der Waals surface area (Å²) in [5, 5.41) is 0. The number of pyridine rings is 1. The van der Waals surface area contributed by atoms with Gasteiger partial charge in [0, 0.05) is 18.8 Å². The van der Waals surface area contributed by atoms with Gasteiger partial charge in [-0.25, -0.2) is 9.97 Å². The summed E-state index contributed by atoms with van der Waals surface area (Å²) in [4.78, 5) is 25.8. The van der Waals surface area contributed by atoms with Crippen LogP contribution in [0, 0.1) is 6.92 Å². The Morgan fingerprint density at radius 1 is 1.19 bits per heavy atom. The van der Waals surface area contributed by atoms with Crippen LogP contribution in [0.25, 0.3) is 22.6 Å². The highest BCUT2D eigenvalue weighted by Crippen LogP contribution is 2.40. The van der Waals surface area contributed by atoms with Gasteiger partial charge in [0.1, 0.15) is 11.4 Å². The molecule has 3 heterocycles. The lowest BCUT2D eigenvalue weighted by Crippen LogP contribution is -2.34. The second kappa shape index (κ2) is 9.25. The molecule has 0 aliphatic heterocycles. The second-order valence-electron chi connectivity index (χ2n) is 6.82. The lowest BCUT2D eigenvalue weighted by molar-refractivity contribution is -0.141. The van der Waals surface area contributed by atoms with Gasteiger partial charge in [0.25, 0.3) is 5.91 Å². The van der Waals surface area contributed by atoms with E-state index in [1.165, 1.54) is 19.3 Å². The van der Waals surface area contributed by atoms with E-state index in [0.717, 1.165) is 6.07 Å². The van der Waals surface area contributed by atoms with Gasteiger partial charge < -0.3 is 19.8 Å². The highest BCUT2D eigenvalue weighted by atomic mass is 19.4. The van der Waals surface area contributed by atoms with Gasteiger partial charge in [-0.2, -0.15) is 18.2 Å². The van der Waals surface area contributed by atoms with Crippen LogP contribution in [0.2, 0.25) is 0 Å². The second-order valence-corrected chi connectivity index (χ2v) is 6.82. The zero-order valence-electron chi connectivity index (χ0n) is 17.7. The molecule has 0 atom stereocenters. The standard InChI is InChI=1S/C21H22F3N5O3/c1-4-29(5-2)16(30)11-32-19-17(13-9-12(3)26-15(10-13)21(22,23)24)18(27-20(25)28-19)14-7-6-8-31-14/h6-10H,4-5,11H2,1-3H3,(H2,25,27,28). The molecule has 0 spiro atoms. The van der Waals surface area contributed by atoms with Crippen LogP contribution in [-0.4, -0.2) is 45.5 Å². The third kappa shape index (κ3) is 4.98. The van der Waals surface area contributed by atoms with Crippen molar-refractivity contribution in [1.29, 1.82) is 0 Å². The highest BCUT2D eigenvalue weighted by Gasteiger charge is 2.34. The minimum absolute atomic E-state index is 0.0986. The average molecular weight is 449 g/mol. The number of alkyl halides is 3. The van der Waals surface area contributed by atoms with Crippen molar-refractivity contribution in [2.24, 2.45) is 0 Å². The summed E-state index contributed by atoms with van der Waals surface area (Å²) in [6.07, 6.45) is -3.28. The lowest BCUT2D eigenvalue weighted by atomic mass is 10.0. The van der Waals surface area contributed by atoms with Crippen molar-refractivity contribution in [2.75, 3.05) is 25.4 Å².